The lowest BCUT2D eigenvalue weighted by Gasteiger charge is -2.15. The molecule has 7 heteroatoms. The van der Waals surface area contributed by atoms with Gasteiger partial charge in [-0.3, -0.25) is 9.59 Å². The van der Waals surface area contributed by atoms with Crippen LogP contribution in [0.2, 0.25) is 0 Å². The molecular formula is C14H13NO5S. The molecular weight excluding hydrogens is 294 g/mol. The van der Waals surface area contributed by atoms with E-state index in [1.54, 1.807) is 18.2 Å². The molecule has 0 aromatic heterocycles. The highest BCUT2D eigenvalue weighted by atomic mass is 32.2. The number of hydrogen-bond acceptors (Lipinski definition) is 4. The minimum atomic E-state index is -3.76. The van der Waals surface area contributed by atoms with Gasteiger partial charge >= 0.3 is 5.97 Å². The summed E-state index contributed by atoms with van der Waals surface area (Å²) < 4.78 is 23.9. The molecule has 1 aromatic carbocycles. The van der Waals surface area contributed by atoms with Crippen LogP contribution >= 0.6 is 0 Å². The molecule has 21 heavy (non-hydrogen) atoms. The fourth-order valence-electron chi connectivity index (χ4n) is 1.43. The van der Waals surface area contributed by atoms with E-state index in [4.69, 9.17) is 11.5 Å². The first kappa shape index (κ1) is 16.5. The highest BCUT2D eigenvalue weighted by Crippen LogP contribution is 2.11. The van der Waals surface area contributed by atoms with Gasteiger partial charge in [0.2, 0.25) is 5.91 Å². The van der Waals surface area contributed by atoms with Gasteiger partial charge in [0.05, 0.1) is 11.4 Å². The summed E-state index contributed by atoms with van der Waals surface area (Å²) in [5.41, 5.74) is 0. The molecule has 0 unspecified atom stereocenters. The molecule has 0 fully saturated rings. The second-order valence-electron chi connectivity index (χ2n) is 3.95. The number of carboxylic acid groups (broad SMARTS) is 1. The van der Waals surface area contributed by atoms with Crippen LogP contribution in [0, 0.1) is 12.3 Å². The Hall–Kier alpha value is -2.59. The predicted molar refractivity (Wildman–Crippen MR) is 75.8 cm³/mol. The quantitative estimate of drug-likeness (QED) is 0.611. The normalized spacial score (nSPS) is 11.0. The van der Waals surface area contributed by atoms with E-state index in [9.17, 15) is 18.0 Å². The predicted octanol–water partition coefficient (Wildman–Crippen LogP) is 0.520. The fraction of sp³-hybridized carbons (Fsp3) is 0.143. The molecule has 0 heterocycles. The summed E-state index contributed by atoms with van der Waals surface area (Å²) in [5.74, 6) is 0.121. The largest absolute Gasteiger partial charge is 0.480 e. The van der Waals surface area contributed by atoms with Gasteiger partial charge in [0, 0.05) is 11.5 Å². The van der Waals surface area contributed by atoms with E-state index in [1.165, 1.54) is 12.1 Å². The minimum absolute atomic E-state index is 0.0378. The zero-order valence-corrected chi connectivity index (χ0v) is 11.8. The van der Waals surface area contributed by atoms with Gasteiger partial charge in [-0.2, -0.15) is 0 Å². The summed E-state index contributed by atoms with van der Waals surface area (Å²) in [6.07, 6.45) is 5.83. The van der Waals surface area contributed by atoms with Crippen molar-refractivity contribution in [1.82, 2.24) is 4.90 Å². The van der Waals surface area contributed by atoms with E-state index in [-0.39, 0.29) is 11.4 Å². The summed E-state index contributed by atoms with van der Waals surface area (Å²) in [4.78, 5) is 23.3. The van der Waals surface area contributed by atoms with Gasteiger partial charge in [0.1, 0.15) is 6.54 Å². The molecule has 0 aliphatic carbocycles. The van der Waals surface area contributed by atoms with E-state index in [1.807, 2.05) is 0 Å². The molecule has 110 valence electrons. The molecule has 0 spiro atoms. The first-order chi connectivity index (χ1) is 9.86. The van der Waals surface area contributed by atoms with Crippen molar-refractivity contribution in [3.05, 3.63) is 41.8 Å². The highest BCUT2D eigenvalue weighted by Gasteiger charge is 2.15. The van der Waals surface area contributed by atoms with E-state index in [0.717, 1.165) is 16.4 Å². The zero-order chi connectivity index (χ0) is 15.9. The third-order valence-electron chi connectivity index (χ3n) is 2.38. The molecule has 0 saturated heterocycles. The summed E-state index contributed by atoms with van der Waals surface area (Å²) >= 11 is 0. The van der Waals surface area contributed by atoms with Gasteiger partial charge in [-0.25, -0.2) is 8.42 Å². The number of benzene rings is 1. The second-order valence-corrected chi connectivity index (χ2v) is 5.79. The molecule has 0 radical (unpaired) electrons. The maximum Gasteiger partial charge on any atom is 0.323 e. The number of hydrogen-bond donors (Lipinski definition) is 1. The standard InChI is InChI=1S/C14H13NO5S/c1-2-9-15(11-14(17)18)13(16)8-10-21(19,20)12-6-4-3-5-7-12/h1,3-8,10H,9,11H2,(H,17,18). The maximum absolute atomic E-state index is 11.9. The molecule has 0 bridgehead atoms. The SMILES string of the molecule is C#CCN(CC(=O)O)C(=O)C=CS(=O)(=O)c1ccccc1. The Morgan fingerprint density at radius 1 is 1.29 bits per heavy atom. The number of carboxylic acids is 1. The summed E-state index contributed by atoms with van der Waals surface area (Å²) in [6.45, 7) is -0.820. The van der Waals surface area contributed by atoms with Crippen molar-refractivity contribution in [3.63, 3.8) is 0 Å². The van der Waals surface area contributed by atoms with Crippen molar-refractivity contribution in [2.24, 2.45) is 0 Å². The van der Waals surface area contributed by atoms with Crippen LogP contribution in [0.1, 0.15) is 0 Å². The topological polar surface area (TPSA) is 91.8 Å². The number of terminal acetylenes is 1. The van der Waals surface area contributed by atoms with Crippen LogP contribution < -0.4 is 0 Å². The van der Waals surface area contributed by atoms with Gasteiger partial charge in [0.25, 0.3) is 0 Å². The van der Waals surface area contributed by atoms with Gasteiger partial charge in [0.15, 0.2) is 9.84 Å². The average Bonchev–Trinajstić information content (AvgIpc) is 2.45. The highest BCUT2D eigenvalue weighted by molar-refractivity contribution is 7.94. The van der Waals surface area contributed by atoms with Crippen LogP contribution in [0.4, 0.5) is 0 Å². The second kappa shape index (κ2) is 7.26. The molecule has 0 aliphatic rings. The number of rotatable bonds is 6. The van der Waals surface area contributed by atoms with Crippen LogP contribution in [0.25, 0.3) is 0 Å². The first-order valence-corrected chi connectivity index (χ1v) is 7.34. The monoisotopic (exact) mass is 307 g/mol. The van der Waals surface area contributed by atoms with Crippen molar-refractivity contribution >= 4 is 21.7 Å². The fourth-order valence-corrected chi connectivity index (χ4v) is 2.42. The van der Waals surface area contributed by atoms with E-state index in [0.29, 0.717) is 0 Å². The molecule has 0 saturated carbocycles. The molecule has 1 amide bonds. The van der Waals surface area contributed by atoms with E-state index >= 15 is 0 Å². The Bertz CT molecular complexity index is 686. The van der Waals surface area contributed by atoms with Crippen LogP contribution in [0.15, 0.2) is 46.7 Å². The van der Waals surface area contributed by atoms with Crippen molar-refractivity contribution in [2.75, 3.05) is 13.1 Å². The van der Waals surface area contributed by atoms with Crippen molar-refractivity contribution in [3.8, 4) is 12.3 Å². The minimum Gasteiger partial charge on any atom is -0.480 e. The third kappa shape index (κ3) is 5.12. The molecule has 0 atom stereocenters. The summed E-state index contributed by atoms with van der Waals surface area (Å²) in [7, 11) is -3.76. The van der Waals surface area contributed by atoms with Crippen molar-refractivity contribution < 1.29 is 23.1 Å². The number of amides is 1. The number of sulfone groups is 1. The Morgan fingerprint density at radius 2 is 1.90 bits per heavy atom. The maximum atomic E-state index is 11.9. The van der Waals surface area contributed by atoms with Crippen molar-refractivity contribution in [2.45, 2.75) is 4.90 Å². The molecule has 6 nitrogen and oxygen atoms in total. The summed E-state index contributed by atoms with van der Waals surface area (Å²) in [6, 6.07) is 7.55. The molecule has 0 aliphatic heterocycles. The van der Waals surface area contributed by atoms with Crippen LogP contribution in [-0.2, 0) is 19.4 Å². The molecule has 1 aromatic rings. The van der Waals surface area contributed by atoms with Crippen molar-refractivity contribution in [1.29, 1.82) is 0 Å². The lowest BCUT2D eigenvalue weighted by Crippen LogP contribution is -2.34. The Kier molecular flexibility index (Phi) is 5.69. The number of carbonyl (C=O) groups is 2. The summed E-state index contributed by atoms with van der Waals surface area (Å²) in [5, 5.41) is 9.39. The lowest BCUT2D eigenvalue weighted by atomic mass is 10.4. The smallest absolute Gasteiger partial charge is 0.323 e. The number of aliphatic carboxylic acids is 1. The van der Waals surface area contributed by atoms with E-state index < -0.39 is 28.3 Å². The number of nitrogens with zero attached hydrogens (tertiary/aromatic N) is 1. The van der Waals surface area contributed by atoms with Gasteiger partial charge in [-0.05, 0) is 12.1 Å². The first-order valence-electron chi connectivity index (χ1n) is 5.79. The van der Waals surface area contributed by atoms with Gasteiger partial charge in [-0.1, -0.05) is 24.1 Å². The van der Waals surface area contributed by atoms with Gasteiger partial charge in [-0.15, -0.1) is 6.42 Å². The van der Waals surface area contributed by atoms with Crippen LogP contribution in [0.5, 0.6) is 0 Å². The van der Waals surface area contributed by atoms with Crippen LogP contribution in [-0.4, -0.2) is 43.4 Å². The Labute approximate surface area is 122 Å². The van der Waals surface area contributed by atoms with E-state index in [2.05, 4.69) is 5.92 Å². The van der Waals surface area contributed by atoms with Crippen LogP contribution in [0.3, 0.4) is 0 Å². The average molecular weight is 307 g/mol. The number of carbonyl (C=O) groups excluding carboxylic acids is 1. The van der Waals surface area contributed by atoms with Gasteiger partial charge < -0.3 is 10.0 Å². The molecule has 1 N–H and O–H groups in total. The molecule has 1 rings (SSSR count). The zero-order valence-electron chi connectivity index (χ0n) is 11.0. The lowest BCUT2D eigenvalue weighted by molar-refractivity contribution is -0.142. The third-order valence-corrected chi connectivity index (χ3v) is 3.81. The Balaban J connectivity index is 2.90. The Morgan fingerprint density at radius 3 is 2.43 bits per heavy atom.